The molecule has 0 aliphatic heterocycles. The molecule has 0 spiro atoms. The van der Waals surface area contributed by atoms with Crippen LogP contribution in [-0.4, -0.2) is 19.1 Å². The van der Waals surface area contributed by atoms with E-state index in [0.717, 1.165) is 11.0 Å². The third-order valence-corrected chi connectivity index (χ3v) is 10.2. The second-order valence-electron chi connectivity index (χ2n) is 13.1. The Bertz CT molecular complexity index is 2710. The highest BCUT2D eigenvalue weighted by molar-refractivity contribution is 6.12. The number of para-hydroxylation sites is 2. The van der Waals surface area contributed by atoms with Crippen LogP contribution < -0.4 is 0 Å². The fraction of sp³-hybridized carbons (Fsp3) is 0.0698. The van der Waals surface area contributed by atoms with Gasteiger partial charge in [0.25, 0.3) is 0 Å². The van der Waals surface area contributed by atoms with E-state index in [2.05, 4.69) is 160 Å². The molecule has 4 heteroatoms. The summed E-state index contributed by atoms with van der Waals surface area (Å²) in [4.78, 5) is 9.17. The smallest absolute Gasteiger partial charge is 0.234 e. The normalized spacial score (nSPS) is 13.5. The maximum Gasteiger partial charge on any atom is 0.234 e. The lowest BCUT2D eigenvalue weighted by Crippen LogP contribution is -2.17. The Morgan fingerprint density at radius 3 is 1.72 bits per heavy atom. The average Bonchev–Trinajstić information content (AvgIpc) is 3.72. The molecule has 1 aliphatic carbocycles. The second kappa shape index (κ2) is 9.51. The first-order valence-electron chi connectivity index (χ1n) is 16.2. The van der Waals surface area contributed by atoms with Gasteiger partial charge in [-0.25, -0.2) is 9.97 Å². The largest absolute Gasteiger partial charge is 0.309 e. The predicted molar refractivity (Wildman–Crippen MR) is 194 cm³/mol. The zero-order valence-electron chi connectivity index (χ0n) is 26.1. The fourth-order valence-electron chi connectivity index (χ4n) is 8.19. The van der Waals surface area contributed by atoms with Gasteiger partial charge < -0.3 is 4.57 Å². The molecule has 0 radical (unpaired) electrons. The quantitative estimate of drug-likeness (QED) is 0.202. The van der Waals surface area contributed by atoms with E-state index in [9.17, 15) is 0 Å². The molecule has 3 aromatic heterocycles. The van der Waals surface area contributed by atoms with Crippen LogP contribution in [0.25, 0.3) is 77.5 Å². The lowest BCUT2D eigenvalue weighted by Gasteiger charge is -2.25. The summed E-state index contributed by atoms with van der Waals surface area (Å²) in [5.74, 6) is 0.680. The standard InChI is InChI=1S/C43H30N4/c1-43(2)35-15-6-3-11-29(35)32-14-9-18-40(41(32)43)46-36-16-7-4-12-30(36)33-25-27(19-21-38(33)46)28-20-22-39-34(26-28)31-13-5-8-17-37(31)47(39)42-44-23-10-24-45-42/h3-26H,1-2H3. The number of nitrogens with zero attached hydrogens (tertiary/aromatic N) is 4. The zero-order chi connectivity index (χ0) is 31.3. The third kappa shape index (κ3) is 3.58. The van der Waals surface area contributed by atoms with Gasteiger partial charge in [-0.1, -0.05) is 98.8 Å². The van der Waals surface area contributed by atoms with Crippen molar-refractivity contribution in [3.8, 4) is 33.9 Å². The number of aromatic nitrogens is 4. The van der Waals surface area contributed by atoms with E-state index in [4.69, 9.17) is 0 Å². The van der Waals surface area contributed by atoms with Crippen LogP contribution in [0.5, 0.6) is 0 Å². The Labute approximate surface area is 272 Å². The Hall–Kier alpha value is -6.00. The fourth-order valence-corrected chi connectivity index (χ4v) is 8.19. The first kappa shape index (κ1) is 26.2. The van der Waals surface area contributed by atoms with Gasteiger partial charge in [0, 0.05) is 39.4 Å². The predicted octanol–water partition coefficient (Wildman–Crippen LogP) is 10.6. The molecule has 222 valence electrons. The van der Waals surface area contributed by atoms with E-state index >= 15 is 0 Å². The van der Waals surface area contributed by atoms with Gasteiger partial charge in [0.1, 0.15) is 0 Å². The van der Waals surface area contributed by atoms with Crippen LogP contribution in [0.1, 0.15) is 25.0 Å². The Balaban J connectivity index is 1.19. The van der Waals surface area contributed by atoms with Crippen molar-refractivity contribution in [3.63, 3.8) is 0 Å². The van der Waals surface area contributed by atoms with Gasteiger partial charge >= 0.3 is 0 Å². The summed E-state index contributed by atoms with van der Waals surface area (Å²) in [7, 11) is 0. The molecule has 47 heavy (non-hydrogen) atoms. The third-order valence-electron chi connectivity index (χ3n) is 10.2. The monoisotopic (exact) mass is 602 g/mol. The van der Waals surface area contributed by atoms with Crippen molar-refractivity contribution in [2.45, 2.75) is 19.3 Å². The van der Waals surface area contributed by atoms with Gasteiger partial charge in [0.15, 0.2) is 0 Å². The maximum absolute atomic E-state index is 4.58. The minimum atomic E-state index is -0.112. The molecule has 4 nitrogen and oxygen atoms in total. The van der Waals surface area contributed by atoms with E-state index in [1.165, 1.54) is 71.6 Å². The van der Waals surface area contributed by atoms with Crippen LogP contribution in [0.15, 0.2) is 146 Å². The highest BCUT2D eigenvalue weighted by Gasteiger charge is 2.38. The number of hydrogen-bond acceptors (Lipinski definition) is 2. The minimum absolute atomic E-state index is 0.112. The number of hydrogen-bond donors (Lipinski definition) is 0. The van der Waals surface area contributed by atoms with Crippen LogP contribution >= 0.6 is 0 Å². The van der Waals surface area contributed by atoms with Crippen molar-refractivity contribution in [1.82, 2.24) is 19.1 Å². The molecule has 1 aliphatic rings. The lowest BCUT2D eigenvalue weighted by molar-refractivity contribution is 0.656. The molecule has 10 rings (SSSR count). The summed E-state index contributed by atoms with van der Waals surface area (Å²) in [5.41, 5.74) is 13.6. The molecule has 0 N–H and O–H groups in total. The van der Waals surface area contributed by atoms with Crippen LogP contribution in [0.3, 0.4) is 0 Å². The molecule has 0 saturated carbocycles. The summed E-state index contributed by atoms with van der Waals surface area (Å²) in [6, 6.07) is 48.6. The Morgan fingerprint density at radius 2 is 1.02 bits per heavy atom. The average molecular weight is 603 g/mol. The van der Waals surface area contributed by atoms with Crippen molar-refractivity contribution in [2.75, 3.05) is 0 Å². The van der Waals surface area contributed by atoms with Gasteiger partial charge in [0.2, 0.25) is 5.95 Å². The summed E-state index contributed by atoms with van der Waals surface area (Å²) in [6.07, 6.45) is 3.60. The molecular formula is C43H30N4. The van der Waals surface area contributed by atoms with Crippen LogP contribution in [0, 0.1) is 0 Å². The van der Waals surface area contributed by atoms with Crippen LogP contribution in [-0.2, 0) is 5.41 Å². The van der Waals surface area contributed by atoms with Crippen LogP contribution in [0.2, 0.25) is 0 Å². The van der Waals surface area contributed by atoms with Crippen LogP contribution in [0.4, 0.5) is 0 Å². The highest BCUT2D eigenvalue weighted by Crippen LogP contribution is 2.51. The minimum Gasteiger partial charge on any atom is -0.309 e. The molecule has 0 bridgehead atoms. The molecule has 6 aromatic carbocycles. The molecule has 9 aromatic rings. The summed E-state index contributed by atoms with van der Waals surface area (Å²) >= 11 is 0. The molecule has 3 heterocycles. The number of fused-ring (bicyclic) bond motifs is 9. The van der Waals surface area contributed by atoms with Gasteiger partial charge in [-0.2, -0.15) is 0 Å². The lowest BCUT2D eigenvalue weighted by atomic mass is 9.81. The maximum atomic E-state index is 4.58. The number of benzene rings is 6. The molecule has 0 fully saturated rings. The Morgan fingerprint density at radius 1 is 0.468 bits per heavy atom. The number of rotatable bonds is 3. The molecule has 0 unspecified atom stereocenters. The molecule has 0 saturated heterocycles. The van der Waals surface area contributed by atoms with E-state index < -0.39 is 0 Å². The zero-order valence-corrected chi connectivity index (χ0v) is 26.1. The summed E-state index contributed by atoms with van der Waals surface area (Å²) < 4.78 is 4.64. The summed E-state index contributed by atoms with van der Waals surface area (Å²) in [6.45, 7) is 4.73. The second-order valence-corrected chi connectivity index (χ2v) is 13.1. The molecule has 0 atom stereocenters. The van der Waals surface area contributed by atoms with Crippen molar-refractivity contribution in [1.29, 1.82) is 0 Å². The van der Waals surface area contributed by atoms with Crippen molar-refractivity contribution in [3.05, 3.63) is 157 Å². The Kier molecular flexibility index (Phi) is 5.31. The van der Waals surface area contributed by atoms with Gasteiger partial charge in [-0.3, -0.25) is 4.57 Å². The van der Waals surface area contributed by atoms with Crippen molar-refractivity contribution >= 4 is 43.6 Å². The van der Waals surface area contributed by atoms with E-state index in [0.29, 0.717) is 5.95 Å². The van der Waals surface area contributed by atoms with E-state index in [-0.39, 0.29) is 5.41 Å². The first-order valence-corrected chi connectivity index (χ1v) is 16.2. The molecular weight excluding hydrogens is 573 g/mol. The van der Waals surface area contributed by atoms with Gasteiger partial charge in [-0.05, 0) is 81.9 Å². The van der Waals surface area contributed by atoms with Gasteiger partial charge in [-0.15, -0.1) is 0 Å². The van der Waals surface area contributed by atoms with E-state index in [1.807, 2.05) is 6.07 Å². The topological polar surface area (TPSA) is 35.6 Å². The highest BCUT2D eigenvalue weighted by atomic mass is 15.1. The summed E-state index contributed by atoms with van der Waals surface area (Å²) in [5, 5.41) is 4.89. The molecule has 0 amide bonds. The van der Waals surface area contributed by atoms with Gasteiger partial charge in [0.05, 0.1) is 27.8 Å². The SMILES string of the molecule is CC1(C)c2ccccc2-c2cccc(-n3c4ccccc4c4cc(-c5ccc6c(c5)c5ccccc5n6-c5ncccn5)ccc43)c21. The van der Waals surface area contributed by atoms with Crippen molar-refractivity contribution < 1.29 is 0 Å². The van der Waals surface area contributed by atoms with Crippen molar-refractivity contribution in [2.24, 2.45) is 0 Å². The first-order chi connectivity index (χ1) is 23.1. The van der Waals surface area contributed by atoms with E-state index in [1.54, 1.807) is 12.4 Å².